The van der Waals surface area contributed by atoms with Gasteiger partial charge in [-0.25, -0.2) is 4.99 Å². The van der Waals surface area contributed by atoms with E-state index in [2.05, 4.69) is 42.4 Å². The van der Waals surface area contributed by atoms with E-state index in [1.807, 2.05) is 6.07 Å². The van der Waals surface area contributed by atoms with Crippen molar-refractivity contribution in [3.8, 4) is 0 Å². The Hall–Kier alpha value is -1.55. The number of thiocarbonyl (C=S) groups is 1. The molecule has 0 spiro atoms. The Bertz CT molecular complexity index is 617. The molecule has 0 saturated carbocycles. The highest BCUT2D eigenvalue weighted by molar-refractivity contribution is 7.80. The van der Waals surface area contributed by atoms with Gasteiger partial charge in [0.05, 0.1) is 11.6 Å². The first-order valence-corrected chi connectivity index (χ1v) is 7.54. The minimum Gasteiger partial charge on any atom is -0.301 e. The van der Waals surface area contributed by atoms with Gasteiger partial charge in [-0.15, -0.1) is 0 Å². The number of amides is 1. The van der Waals surface area contributed by atoms with Gasteiger partial charge in [-0.05, 0) is 42.5 Å². The number of hydrogen-bond acceptors (Lipinski definition) is 2. The van der Waals surface area contributed by atoms with Crippen molar-refractivity contribution in [3.63, 3.8) is 0 Å². The van der Waals surface area contributed by atoms with Crippen LogP contribution in [0.1, 0.15) is 37.8 Å². The highest BCUT2D eigenvalue weighted by atomic mass is 32.1. The molecule has 1 aromatic carbocycles. The third-order valence-corrected chi connectivity index (χ3v) is 5.04. The molecular formula is C16H18N2OS. The number of nitrogens with one attached hydrogen (secondary N) is 1. The molecule has 1 heterocycles. The molecule has 0 aromatic heterocycles. The van der Waals surface area contributed by atoms with E-state index in [1.54, 1.807) is 0 Å². The minimum atomic E-state index is -0.181. The normalized spacial score (nSPS) is 23.5. The van der Waals surface area contributed by atoms with Gasteiger partial charge < -0.3 is 5.32 Å². The first-order valence-electron chi connectivity index (χ1n) is 7.13. The average molecular weight is 286 g/mol. The van der Waals surface area contributed by atoms with Crippen molar-refractivity contribution < 1.29 is 4.79 Å². The molecule has 0 saturated heterocycles. The summed E-state index contributed by atoms with van der Waals surface area (Å²) in [5.74, 6) is -0.169. The molecule has 0 fully saturated rings. The molecule has 0 radical (unpaired) electrons. The number of benzene rings is 1. The Balaban J connectivity index is 2.25. The number of hydrogen-bond donors (Lipinski definition) is 1. The lowest BCUT2D eigenvalue weighted by molar-refractivity contribution is -0.125. The fraction of sp³-hybridized carbons (Fsp3) is 0.438. The summed E-state index contributed by atoms with van der Waals surface area (Å²) in [7, 11) is 0. The Morgan fingerprint density at radius 1 is 1.35 bits per heavy atom. The summed E-state index contributed by atoms with van der Waals surface area (Å²) in [5.41, 5.74) is 3.19. The largest absolute Gasteiger partial charge is 0.301 e. The summed E-state index contributed by atoms with van der Waals surface area (Å²) in [5, 5.41) is 3.03. The van der Waals surface area contributed by atoms with Gasteiger partial charge in [0.1, 0.15) is 0 Å². The van der Waals surface area contributed by atoms with E-state index in [0.717, 1.165) is 30.5 Å². The maximum atomic E-state index is 12.5. The summed E-state index contributed by atoms with van der Waals surface area (Å²) in [6, 6.07) is 8.25. The summed E-state index contributed by atoms with van der Waals surface area (Å²) in [6.07, 6.45) is 2.85. The van der Waals surface area contributed by atoms with Gasteiger partial charge >= 0.3 is 0 Å². The average Bonchev–Trinajstić information content (AvgIpc) is 2.45. The molecule has 1 amide bonds. The third-order valence-electron chi connectivity index (χ3n) is 4.84. The lowest BCUT2D eigenvalue weighted by Gasteiger charge is -2.45. The van der Waals surface area contributed by atoms with Crippen LogP contribution in [-0.4, -0.2) is 16.7 Å². The van der Waals surface area contributed by atoms with Crippen LogP contribution < -0.4 is 5.32 Å². The van der Waals surface area contributed by atoms with Crippen molar-refractivity contribution in [2.45, 2.75) is 33.1 Å². The summed E-state index contributed by atoms with van der Waals surface area (Å²) >= 11 is 5.11. The molecule has 1 aliphatic heterocycles. The van der Waals surface area contributed by atoms with E-state index in [-0.39, 0.29) is 17.2 Å². The second kappa shape index (κ2) is 4.77. The molecule has 1 aliphatic carbocycles. The Labute approximate surface area is 124 Å². The van der Waals surface area contributed by atoms with Crippen LogP contribution in [0.5, 0.6) is 0 Å². The smallest absolute Gasteiger partial charge is 0.235 e. The maximum Gasteiger partial charge on any atom is 0.235 e. The zero-order valence-corrected chi connectivity index (χ0v) is 12.6. The molecule has 1 atom stereocenters. The van der Waals surface area contributed by atoms with Crippen LogP contribution in [-0.2, 0) is 11.2 Å². The van der Waals surface area contributed by atoms with Crippen LogP contribution in [0, 0.1) is 11.3 Å². The SMILES string of the molecule is CCC1(CC)Cc2ccccc2C2=NC(=S)NC(=O)C21. The van der Waals surface area contributed by atoms with Crippen LogP contribution in [0.2, 0.25) is 0 Å². The van der Waals surface area contributed by atoms with Crippen molar-refractivity contribution in [1.82, 2.24) is 5.32 Å². The molecule has 104 valence electrons. The highest BCUT2D eigenvalue weighted by Crippen LogP contribution is 2.46. The Morgan fingerprint density at radius 3 is 2.75 bits per heavy atom. The topological polar surface area (TPSA) is 41.5 Å². The lowest BCUT2D eigenvalue weighted by atomic mass is 9.60. The molecule has 3 rings (SSSR count). The highest BCUT2D eigenvalue weighted by Gasteiger charge is 2.49. The lowest BCUT2D eigenvalue weighted by Crippen LogP contribution is -2.54. The van der Waals surface area contributed by atoms with Gasteiger partial charge in [-0.2, -0.15) is 0 Å². The standard InChI is InChI=1S/C16H18N2OS/c1-3-16(4-2)9-10-7-5-6-8-11(10)13-12(16)14(19)18-15(20)17-13/h5-8,12H,3-4,9H2,1-2H3,(H,18,19,20). The number of rotatable bonds is 2. The number of carbonyl (C=O) groups is 1. The van der Waals surface area contributed by atoms with Gasteiger partial charge in [0.25, 0.3) is 0 Å². The van der Waals surface area contributed by atoms with E-state index in [4.69, 9.17) is 12.2 Å². The molecule has 3 nitrogen and oxygen atoms in total. The van der Waals surface area contributed by atoms with Crippen LogP contribution in [0.25, 0.3) is 0 Å². The van der Waals surface area contributed by atoms with Crippen LogP contribution in [0.15, 0.2) is 29.3 Å². The maximum absolute atomic E-state index is 12.5. The van der Waals surface area contributed by atoms with E-state index >= 15 is 0 Å². The van der Waals surface area contributed by atoms with Gasteiger partial charge in [0, 0.05) is 5.56 Å². The molecule has 20 heavy (non-hydrogen) atoms. The number of fused-ring (bicyclic) bond motifs is 3. The fourth-order valence-electron chi connectivity index (χ4n) is 3.60. The third kappa shape index (κ3) is 1.82. The molecule has 1 aromatic rings. The van der Waals surface area contributed by atoms with Gasteiger partial charge in [-0.1, -0.05) is 38.1 Å². The van der Waals surface area contributed by atoms with Gasteiger partial charge in [0.15, 0.2) is 5.11 Å². The molecule has 1 N–H and O–H groups in total. The van der Waals surface area contributed by atoms with Crippen molar-refractivity contribution in [2.75, 3.05) is 0 Å². The predicted molar refractivity (Wildman–Crippen MR) is 83.9 cm³/mol. The van der Waals surface area contributed by atoms with Crippen molar-refractivity contribution >= 4 is 28.9 Å². The van der Waals surface area contributed by atoms with Crippen LogP contribution in [0.4, 0.5) is 0 Å². The number of carbonyl (C=O) groups excluding carboxylic acids is 1. The van der Waals surface area contributed by atoms with Gasteiger partial charge in [-0.3, -0.25) is 4.79 Å². The second-order valence-corrected chi connectivity index (χ2v) is 6.01. The van der Waals surface area contributed by atoms with Crippen molar-refractivity contribution in [3.05, 3.63) is 35.4 Å². The quantitative estimate of drug-likeness (QED) is 0.849. The van der Waals surface area contributed by atoms with Gasteiger partial charge in [0.2, 0.25) is 5.91 Å². The predicted octanol–water partition coefficient (Wildman–Crippen LogP) is 2.87. The first-order chi connectivity index (χ1) is 9.61. The first kappa shape index (κ1) is 13.4. The van der Waals surface area contributed by atoms with E-state index in [0.29, 0.717) is 5.11 Å². The molecule has 2 aliphatic rings. The molecule has 0 bridgehead atoms. The second-order valence-electron chi connectivity index (χ2n) is 5.63. The van der Waals surface area contributed by atoms with Crippen molar-refractivity contribution in [1.29, 1.82) is 0 Å². The summed E-state index contributed by atoms with van der Waals surface area (Å²) in [4.78, 5) is 17.0. The number of nitrogens with zero attached hydrogens (tertiary/aromatic N) is 1. The van der Waals surface area contributed by atoms with Crippen molar-refractivity contribution in [2.24, 2.45) is 16.3 Å². The van der Waals surface area contributed by atoms with Crippen LogP contribution >= 0.6 is 12.2 Å². The Morgan fingerprint density at radius 2 is 2.05 bits per heavy atom. The van der Waals surface area contributed by atoms with Crippen LogP contribution in [0.3, 0.4) is 0 Å². The van der Waals surface area contributed by atoms with E-state index in [9.17, 15) is 4.79 Å². The minimum absolute atomic E-state index is 0.0122. The molecule has 1 unspecified atom stereocenters. The van der Waals surface area contributed by atoms with E-state index < -0.39 is 0 Å². The summed E-state index contributed by atoms with van der Waals surface area (Å²) < 4.78 is 0. The zero-order valence-electron chi connectivity index (χ0n) is 11.8. The molecular weight excluding hydrogens is 268 g/mol. The summed E-state index contributed by atoms with van der Waals surface area (Å²) in [6.45, 7) is 4.32. The molecule has 4 heteroatoms. The monoisotopic (exact) mass is 286 g/mol. The van der Waals surface area contributed by atoms with E-state index in [1.165, 1.54) is 5.56 Å². The Kier molecular flexibility index (Phi) is 3.21. The fourth-order valence-corrected chi connectivity index (χ4v) is 3.80. The number of aliphatic imine (C=N–C) groups is 1. The zero-order chi connectivity index (χ0) is 14.3.